The maximum Gasteiger partial charge on any atom is 0.165 e. The molecule has 0 spiro atoms. The van der Waals surface area contributed by atoms with Gasteiger partial charge in [-0.2, -0.15) is 9.61 Å². The molecule has 5 nitrogen and oxygen atoms in total. The van der Waals surface area contributed by atoms with E-state index in [-0.39, 0.29) is 0 Å². The lowest BCUT2D eigenvalue weighted by Crippen LogP contribution is -2.03. The van der Waals surface area contributed by atoms with Crippen molar-refractivity contribution < 1.29 is 4.74 Å². The van der Waals surface area contributed by atoms with Crippen LogP contribution in [0.15, 0.2) is 91.1 Å². The van der Waals surface area contributed by atoms with Crippen LogP contribution in [0.4, 0.5) is 5.82 Å². The monoisotopic (exact) mass is 406 g/mol. The summed E-state index contributed by atoms with van der Waals surface area (Å²) in [5.41, 5.74) is 13.1. The maximum absolute atomic E-state index is 6.58. The van der Waals surface area contributed by atoms with Crippen molar-refractivity contribution in [2.24, 2.45) is 0 Å². The second-order valence-electron chi connectivity index (χ2n) is 7.45. The van der Waals surface area contributed by atoms with Crippen molar-refractivity contribution in [1.82, 2.24) is 14.6 Å². The number of para-hydroxylation sites is 1. The van der Waals surface area contributed by atoms with Crippen molar-refractivity contribution in [2.45, 2.75) is 13.5 Å². The zero-order valence-electron chi connectivity index (χ0n) is 17.2. The minimum atomic E-state index is 0.316. The quantitative estimate of drug-likeness (QED) is 0.417. The van der Waals surface area contributed by atoms with E-state index in [2.05, 4.69) is 43.3 Å². The Morgan fingerprint density at radius 3 is 2.23 bits per heavy atom. The van der Waals surface area contributed by atoms with Crippen molar-refractivity contribution in [3.05, 3.63) is 102 Å². The van der Waals surface area contributed by atoms with Gasteiger partial charge in [-0.15, -0.1) is 0 Å². The third-order valence-electron chi connectivity index (χ3n) is 5.30. The Bertz CT molecular complexity index is 1330. The molecule has 0 aliphatic rings. The molecule has 0 amide bonds. The summed E-state index contributed by atoms with van der Waals surface area (Å²) >= 11 is 0. The number of rotatable bonds is 5. The highest BCUT2D eigenvalue weighted by Crippen LogP contribution is 2.33. The predicted octanol–water partition coefficient (Wildman–Crippen LogP) is 5.53. The van der Waals surface area contributed by atoms with Gasteiger partial charge < -0.3 is 10.5 Å². The summed E-state index contributed by atoms with van der Waals surface area (Å²) in [6.45, 7) is 2.38. The van der Waals surface area contributed by atoms with E-state index < -0.39 is 0 Å². The molecule has 2 heterocycles. The highest BCUT2D eigenvalue weighted by Gasteiger charge is 2.19. The van der Waals surface area contributed by atoms with Gasteiger partial charge in [0.25, 0.3) is 0 Å². The van der Waals surface area contributed by atoms with Gasteiger partial charge in [-0.3, -0.25) is 0 Å². The fourth-order valence-corrected chi connectivity index (χ4v) is 3.67. The van der Waals surface area contributed by atoms with Crippen molar-refractivity contribution in [3.8, 4) is 28.0 Å². The Kier molecular flexibility index (Phi) is 4.84. The molecule has 3 aromatic carbocycles. The molecular formula is C26H22N4O. The highest BCUT2D eigenvalue weighted by atomic mass is 16.5. The van der Waals surface area contributed by atoms with E-state index in [4.69, 9.17) is 20.6 Å². The van der Waals surface area contributed by atoms with Crippen molar-refractivity contribution in [3.63, 3.8) is 0 Å². The van der Waals surface area contributed by atoms with E-state index in [1.807, 2.05) is 54.7 Å². The molecule has 0 saturated heterocycles. The van der Waals surface area contributed by atoms with Crippen LogP contribution in [0.25, 0.3) is 27.9 Å². The topological polar surface area (TPSA) is 65.4 Å². The van der Waals surface area contributed by atoms with Crippen LogP contribution in [0.3, 0.4) is 0 Å². The Hall–Kier alpha value is -4.12. The average Bonchev–Trinajstić information content (AvgIpc) is 3.19. The molecule has 0 saturated carbocycles. The first kappa shape index (κ1) is 18.9. The molecule has 0 unspecified atom stereocenters. The number of aryl methyl sites for hydroxylation is 1. The number of nitrogen functional groups attached to an aromatic ring is 1. The molecule has 0 fully saturated rings. The molecule has 2 N–H and O–H groups in total. The summed E-state index contributed by atoms with van der Waals surface area (Å²) in [5, 5.41) is 4.81. The van der Waals surface area contributed by atoms with Crippen LogP contribution in [0.2, 0.25) is 0 Å². The molecule has 0 bridgehead atoms. The molecule has 31 heavy (non-hydrogen) atoms. The summed E-state index contributed by atoms with van der Waals surface area (Å²) in [6.07, 6.45) is 1.82. The first-order chi connectivity index (χ1) is 15.2. The number of aromatic nitrogens is 3. The molecule has 0 aliphatic heterocycles. The van der Waals surface area contributed by atoms with Crippen LogP contribution >= 0.6 is 0 Å². The second kappa shape index (κ2) is 7.95. The van der Waals surface area contributed by atoms with E-state index in [1.165, 1.54) is 5.56 Å². The molecule has 0 aliphatic carbocycles. The summed E-state index contributed by atoms with van der Waals surface area (Å²) in [5.74, 6) is 1.34. The van der Waals surface area contributed by atoms with Crippen LogP contribution in [0, 0.1) is 6.92 Å². The number of nitrogens with zero attached hydrogens (tertiary/aromatic N) is 3. The van der Waals surface area contributed by atoms with Crippen LogP contribution in [-0.4, -0.2) is 14.6 Å². The summed E-state index contributed by atoms with van der Waals surface area (Å²) in [7, 11) is 0. The van der Waals surface area contributed by atoms with Crippen molar-refractivity contribution >= 4 is 11.5 Å². The minimum absolute atomic E-state index is 0.316. The van der Waals surface area contributed by atoms with Gasteiger partial charge in [0, 0.05) is 11.8 Å². The maximum atomic E-state index is 6.58. The summed E-state index contributed by atoms with van der Waals surface area (Å²) in [4.78, 5) is 4.76. The lowest BCUT2D eigenvalue weighted by atomic mass is 10.0. The third kappa shape index (κ3) is 3.62. The van der Waals surface area contributed by atoms with Gasteiger partial charge in [-0.25, -0.2) is 4.98 Å². The van der Waals surface area contributed by atoms with Crippen molar-refractivity contribution in [2.75, 3.05) is 5.73 Å². The minimum Gasteiger partial charge on any atom is -0.487 e. The van der Waals surface area contributed by atoms with Crippen molar-refractivity contribution in [1.29, 1.82) is 0 Å². The van der Waals surface area contributed by atoms with Crippen LogP contribution in [0.5, 0.6) is 5.75 Å². The Morgan fingerprint density at radius 2 is 1.52 bits per heavy atom. The lowest BCUT2D eigenvalue weighted by molar-refractivity contribution is 0.301. The van der Waals surface area contributed by atoms with Gasteiger partial charge in [0.05, 0.1) is 5.56 Å². The van der Waals surface area contributed by atoms with Gasteiger partial charge >= 0.3 is 0 Å². The first-order valence-electron chi connectivity index (χ1n) is 10.2. The molecule has 5 aromatic rings. The van der Waals surface area contributed by atoms with Gasteiger partial charge in [0.15, 0.2) is 5.65 Å². The normalized spacial score (nSPS) is 11.0. The Balaban J connectivity index is 1.64. The summed E-state index contributed by atoms with van der Waals surface area (Å²) < 4.78 is 7.73. The van der Waals surface area contributed by atoms with E-state index in [1.54, 1.807) is 4.52 Å². The fourth-order valence-electron chi connectivity index (χ4n) is 3.67. The average molecular weight is 406 g/mol. The number of hydrogen-bond acceptors (Lipinski definition) is 4. The Morgan fingerprint density at radius 1 is 0.839 bits per heavy atom. The van der Waals surface area contributed by atoms with Gasteiger partial charge in [0.2, 0.25) is 0 Å². The van der Waals surface area contributed by atoms with Gasteiger partial charge in [0.1, 0.15) is 23.9 Å². The number of benzene rings is 3. The molecular weight excluding hydrogens is 384 g/mol. The van der Waals surface area contributed by atoms with Gasteiger partial charge in [-0.1, -0.05) is 78.4 Å². The standard InChI is InChI=1S/C26H22N4O/c1-18-12-14-19(15-13-18)22-16-28-26-24(20-8-4-2-5-9-20)23(29-30(26)25(22)27)17-31-21-10-6-3-7-11-21/h2-16H,17,27H2,1H3. The zero-order valence-corrected chi connectivity index (χ0v) is 17.2. The molecule has 5 heteroatoms. The number of anilines is 1. The smallest absolute Gasteiger partial charge is 0.165 e. The Labute approximate surface area is 180 Å². The predicted molar refractivity (Wildman–Crippen MR) is 124 cm³/mol. The molecule has 0 atom stereocenters. The van der Waals surface area contributed by atoms with E-state index in [9.17, 15) is 0 Å². The van der Waals surface area contributed by atoms with Crippen LogP contribution < -0.4 is 10.5 Å². The molecule has 152 valence electrons. The van der Waals surface area contributed by atoms with Crippen LogP contribution in [-0.2, 0) is 6.61 Å². The fraction of sp³-hybridized carbons (Fsp3) is 0.0769. The number of fused-ring (bicyclic) bond motifs is 1. The molecule has 2 aromatic heterocycles. The number of ether oxygens (including phenoxy) is 1. The number of hydrogen-bond donors (Lipinski definition) is 1. The molecule has 5 rings (SSSR count). The number of nitrogens with two attached hydrogens (primary N) is 1. The van der Waals surface area contributed by atoms with E-state index >= 15 is 0 Å². The van der Waals surface area contributed by atoms with Gasteiger partial charge in [-0.05, 0) is 30.2 Å². The SMILES string of the molecule is Cc1ccc(-c2cnc3c(-c4ccccc4)c(COc4ccccc4)nn3c2N)cc1. The van der Waals surface area contributed by atoms with E-state index in [0.29, 0.717) is 18.1 Å². The zero-order chi connectivity index (χ0) is 21.2. The third-order valence-corrected chi connectivity index (χ3v) is 5.30. The highest BCUT2D eigenvalue weighted by molar-refractivity contribution is 5.84. The van der Waals surface area contributed by atoms with Crippen LogP contribution in [0.1, 0.15) is 11.3 Å². The lowest BCUT2D eigenvalue weighted by Gasteiger charge is -2.08. The van der Waals surface area contributed by atoms with E-state index in [0.717, 1.165) is 33.7 Å². The summed E-state index contributed by atoms with van der Waals surface area (Å²) in [6, 6.07) is 28.1. The largest absolute Gasteiger partial charge is 0.487 e. The second-order valence-corrected chi connectivity index (χ2v) is 7.45. The first-order valence-corrected chi connectivity index (χ1v) is 10.2. The molecule has 0 radical (unpaired) electrons.